The Balaban J connectivity index is 2.32. The highest BCUT2D eigenvalue weighted by Crippen LogP contribution is 2.26. The SMILES string of the molecule is CC1CCN(C(=O)c2ccc(F)c(NS(C)(=O)=O)c2)C(C(=O)O)C1. The Morgan fingerprint density at radius 3 is 2.62 bits per heavy atom. The van der Waals surface area contributed by atoms with E-state index in [0.29, 0.717) is 12.8 Å². The van der Waals surface area contributed by atoms with Crippen molar-refractivity contribution in [1.82, 2.24) is 4.90 Å². The van der Waals surface area contributed by atoms with Gasteiger partial charge in [0, 0.05) is 12.1 Å². The summed E-state index contributed by atoms with van der Waals surface area (Å²) in [6.45, 7) is 2.20. The zero-order valence-electron chi connectivity index (χ0n) is 13.3. The molecule has 0 saturated carbocycles. The van der Waals surface area contributed by atoms with Crippen LogP contribution in [0, 0.1) is 11.7 Å². The van der Waals surface area contributed by atoms with Crippen LogP contribution < -0.4 is 4.72 Å². The summed E-state index contributed by atoms with van der Waals surface area (Å²) in [7, 11) is -3.71. The highest BCUT2D eigenvalue weighted by Gasteiger charge is 2.35. The molecule has 7 nitrogen and oxygen atoms in total. The summed E-state index contributed by atoms with van der Waals surface area (Å²) in [4.78, 5) is 25.3. The largest absolute Gasteiger partial charge is 0.480 e. The molecule has 1 aliphatic heterocycles. The molecule has 0 bridgehead atoms. The molecule has 9 heteroatoms. The van der Waals surface area contributed by atoms with Crippen LogP contribution in [0.15, 0.2) is 18.2 Å². The van der Waals surface area contributed by atoms with Gasteiger partial charge in [-0.15, -0.1) is 0 Å². The van der Waals surface area contributed by atoms with Gasteiger partial charge in [0.25, 0.3) is 5.91 Å². The fourth-order valence-electron chi connectivity index (χ4n) is 2.72. The second-order valence-electron chi connectivity index (χ2n) is 6.05. The maximum absolute atomic E-state index is 13.7. The third kappa shape index (κ3) is 4.22. The summed E-state index contributed by atoms with van der Waals surface area (Å²) in [5.41, 5.74) is -0.316. The maximum atomic E-state index is 13.7. The average molecular weight is 358 g/mol. The molecule has 2 atom stereocenters. The van der Waals surface area contributed by atoms with E-state index in [4.69, 9.17) is 0 Å². The number of piperidine rings is 1. The highest BCUT2D eigenvalue weighted by molar-refractivity contribution is 7.92. The first-order chi connectivity index (χ1) is 11.1. The second-order valence-corrected chi connectivity index (χ2v) is 7.80. The highest BCUT2D eigenvalue weighted by atomic mass is 32.2. The van der Waals surface area contributed by atoms with Gasteiger partial charge < -0.3 is 10.0 Å². The minimum absolute atomic E-state index is 0.0309. The molecular formula is C15H19FN2O5S. The Labute approximate surface area is 139 Å². The minimum Gasteiger partial charge on any atom is -0.480 e. The van der Waals surface area contributed by atoms with Gasteiger partial charge in [-0.2, -0.15) is 0 Å². The summed E-state index contributed by atoms with van der Waals surface area (Å²) >= 11 is 0. The number of carboxylic acid groups (broad SMARTS) is 1. The topological polar surface area (TPSA) is 104 Å². The molecule has 0 radical (unpaired) electrons. The quantitative estimate of drug-likeness (QED) is 0.849. The molecule has 24 heavy (non-hydrogen) atoms. The zero-order valence-corrected chi connectivity index (χ0v) is 14.1. The van der Waals surface area contributed by atoms with E-state index >= 15 is 0 Å². The van der Waals surface area contributed by atoms with E-state index in [0.717, 1.165) is 18.4 Å². The van der Waals surface area contributed by atoms with Crippen molar-refractivity contribution < 1.29 is 27.5 Å². The van der Waals surface area contributed by atoms with Gasteiger partial charge in [-0.25, -0.2) is 17.6 Å². The van der Waals surface area contributed by atoms with Crippen molar-refractivity contribution in [3.8, 4) is 0 Å². The number of nitrogens with zero attached hydrogens (tertiary/aromatic N) is 1. The van der Waals surface area contributed by atoms with Gasteiger partial charge in [-0.1, -0.05) is 6.92 Å². The molecule has 1 aromatic carbocycles. The van der Waals surface area contributed by atoms with E-state index in [-0.39, 0.29) is 23.7 Å². The van der Waals surface area contributed by atoms with Crippen molar-refractivity contribution in [2.24, 2.45) is 5.92 Å². The minimum atomic E-state index is -3.71. The zero-order chi connectivity index (χ0) is 18.1. The third-order valence-corrected chi connectivity index (χ3v) is 4.51. The van der Waals surface area contributed by atoms with Gasteiger partial charge in [0.05, 0.1) is 11.9 Å². The van der Waals surface area contributed by atoms with Gasteiger partial charge in [0.1, 0.15) is 11.9 Å². The number of anilines is 1. The maximum Gasteiger partial charge on any atom is 0.326 e. The summed E-state index contributed by atoms with van der Waals surface area (Å²) < 4.78 is 38.2. The number of likely N-dealkylation sites (tertiary alicyclic amines) is 1. The van der Waals surface area contributed by atoms with Crippen LogP contribution in [0.25, 0.3) is 0 Å². The van der Waals surface area contributed by atoms with E-state index in [1.54, 1.807) is 0 Å². The molecule has 1 amide bonds. The number of halogens is 1. The predicted octanol–water partition coefficient (Wildman–Crippen LogP) is 1.52. The van der Waals surface area contributed by atoms with E-state index in [9.17, 15) is 27.5 Å². The van der Waals surface area contributed by atoms with Crippen LogP contribution >= 0.6 is 0 Å². The number of nitrogens with one attached hydrogen (secondary N) is 1. The normalized spacial score (nSPS) is 21.4. The van der Waals surface area contributed by atoms with Crippen LogP contribution in [-0.2, 0) is 14.8 Å². The lowest BCUT2D eigenvalue weighted by molar-refractivity contribution is -0.144. The summed E-state index contributed by atoms with van der Waals surface area (Å²) in [5.74, 6) is -2.29. The van der Waals surface area contributed by atoms with E-state index < -0.39 is 33.8 Å². The van der Waals surface area contributed by atoms with E-state index in [1.165, 1.54) is 11.0 Å². The third-order valence-electron chi connectivity index (χ3n) is 3.92. The number of carbonyl (C=O) groups is 2. The summed E-state index contributed by atoms with van der Waals surface area (Å²) in [5, 5.41) is 9.33. The average Bonchev–Trinajstić information content (AvgIpc) is 2.47. The van der Waals surface area contributed by atoms with Crippen LogP contribution in [0.3, 0.4) is 0 Å². The Kier molecular flexibility index (Phi) is 5.12. The number of hydrogen-bond donors (Lipinski definition) is 2. The molecule has 1 heterocycles. The van der Waals surface area contributed by atoms with Crippen molar-refractivity contribution in [1.29, 1.82) is 0 Å². The number of aliphatic carboxylic acids is 1. The van der Waals surface area contributed by atoms with Gasteiger partial charge in [0.2, 0.25) is 10.0 Å². The Hall–Kier alpha value is -2.16. The van der Waals surface area contributed by atoms with Crippen molar-refractivity contribution >= 4 is 27.6 Å². The van der Waals surface area contributed by atoms with Crippen LogP contribution in [0.2, 0.25) is 0 Å². The monoisotopic (exact) mass is 358 g/mol. The molecule has 2 unspecified atom stereocenters. The summed E-state index contributed by atoms with van der Waals surface area (Å²) in [6.07, 6.45) is 1.88. The lowest BCUT2D eigenvalue weighted by atomic mass is 9.92. The van der Waals surface area contributed by atoms with Crippen molar-refractivity contribution in [2.45, 2.75) is 25.8 Å². The Morgan fingerprint density at radius 1 is 1.38 bits per heavy atom. The fraction of sp³-hybridized carbons (Fsp3) is 0.467. The molecule has 1 aromatic rings. The van der Waals surface area contributed by atoms with Crippen LogP contribution in [-0.4, -0.2) is 49.1 Å². The lowest BCUT2D eigenvalue weighted by Gasteiger charge is -2.36. The number of sulfonamides is 1. The number of rotatable bonds is 4. The van der Waals surface area contributed by atoms with Crippen LogP contribution in [0.4, 0.5) is 10.1 Å². The number of carbonyl (C=O) groups excluding carboxylic acids is 1. The van der Waals surface area contributed by atoms with Crippen molar-refractivity contribution in [3.05, 3.63) is 29.6 Å². The van der Waals surface area contributed by atoms with E-state index in [2.05, 4.69) is 0 Å². The number of benzene rings is 1. The fourth-order valence-corrected chi connectivity index (χ4v) is 3.28. The van der Waals surface area contributed by atoms with E-state index in [1.807, 2.05) is 11.6 Å². The standard InChI is InChI=1S/C15H19FN2O5S/c1-9-5-6-18(13(7-9)15(20)21)14(19)10-3-4-11(16)12(8-10)17-24(2,22)23/h3-4,8-9,13,17H,5-7H2,1-2H3,(H,20,21). The lowest BCUT2D eigenvalue weighted by Crippen LogP contribution is -2.49. The van der Waals surface area contributed by atoms with Crippen molar-refractivity contribution in [2.75, 3.05) is 17.5 Å². The molecule has 132 valence electrons. The molecule has 2 N–H and O–H groups in total. The van der Waals surface area contributed by atoms with Gasteiger partial charge in [-0.05, 0) is 37.0 Å². The first-order valence-electron chi connectivity index (χ1n) is 7.39. The second kappa shape index (κ2) is 6.76. The van der Waals surface area contributed by atoms with Crippen LogP contribution in [0.1, 0.15) is 30.1 Å². The molecule has 0 spiro atoms. The number of hydrogen-bond acceptors (Lipinski definition) is 4. The molecule has 0 aromatic heterocycles. The molecule has 1 saturated heterocycles. The number of carboxylic acids is 1. The molecular weight excluding hydrogens is 339 g/mol. The molecule has 1 aliphatic rings. The summed E-state index contributed by atoms with van der Waals surface area (Å²) in [6, 6.07) is 2.32. The Bertz CT molecular complexity index is 765. The van der Waals surface area contributed by atoms with Gasteiger partial charge in [0.15, 0.2) is 0 Å². The molecule has 0 aliphatic carbocycles. The van der Waals surface area contributed by atoms with Gasteiger partial charge >= 0.3 is 5.97 Å². The number of amides is 1. The first-order valence-corrected chi connectivity index (χ1v) is 9.28. The van der Waals surface area contributed by atoms with Crippen LogP contribution in [0.5, 0.6) is 0 Å². The smallest absolute Gasteiger partial charge is 0.326 e. The predicted molar refractivity (Wildman–Crippen MR) is 85.7 cm³/mol. The first kappa shape index (κ1) is 18.2. The Morgan fingerprint density at radius 2 is 2.04 bits per heavy atom. The van der Waals surface area contributed by atoms with Gasteiger partial charge in [-0.3, -0.25) is 9.52 Å². The molecule has 2 rings (SSSR count). The van der Waals surface area contributed by atoms with Crippen molar-refractivity contribution in [3.63, 3.8) is 0 Å². The molecule has 1 fully saturated rings.